The third-order valence-corrected chi connectivity index (χ3v) is 5.11. The lowest BCUT2D eigenvalue weighted by Crippen LogP contribution is -2.34. The van der Waals surface area contributed by atoms with E-state index >= 15 is 0 Å². The molecule has 0 radical (unpaired) electrons. The second-order valence-corrected chi connectivity index (χ2v) is 7.61. The number of carbonyl (C=O) groups is 1. The molecule has 0 aliphatic heterocycles. The highest BCUT2D eigenvalue weighted by atomic mass is 32.1. The molecule has 0 aliphatic carbocycles. The van der Waals surface area contributed by atoms with Crippen molar-refractivity contribution >= 4 is 40.0 Å². The van der Waals surface area contributed by atoms with Crippen LogP contribution in [0.15, 0.2) is 59.0 Å². The molecule has 1 aromatic heterocycles. The van der Waals surface area contributed by atoms with Crippen LogP contribution in [0.5, 0.6) is 17.2 Å². The Morgan fingerprint density at radius 2 is 1.82 bits per heavy atom. The second-order valence-electron chi connectivity index (χ2n) is 7.20. The molecule has 0 fully saturated rings. The minimum absolute atomic E-state index is 0.00381. The maximum Gasteiger partial charge on any atom is 0.257 e. The van der Waals surface area contributed by atoms with Crippen LogP contribution >= 0.6 is 12.2 Å². The van der Waals surface area contributed by atoms with Gasteiger partial charge in [0.1, 0.15) is 11.3 Å². The van der Waals surface area contributed by atoms with Crippen molar-refractivity contribution in [1.29, 1.82) is 0 Å². The Morgan fingerprint density at radius 1 is 1.03 bits per heavy atom. The Balaban J connectivity index is 1.51. The van der Waals surface area contributed by atoms with Crippen LogP contribution < -0.4 is 20.1 Å². The minimum Gasteiger partial charge on any atom is -0.507 e. The summed E-state index contributed by atoms with van der Waals surface area (Å²) in [7, 11) is 3.01. The Kier molecular flexibility index (Phi) is 6.14. The van der Waals surface area contributed by atoms with E-state index in [0.29, 0.717) is 39.4 Å². The molecule has 0 atom stereocenters. The van der Waals surface area contributed by atoms with Gasteiger partial charge in [0.05, 0.1) is 19.8 Å². The number of carbonyl (C=O) groups excluding carboxylic acids is 1. The molecule has 168 valence electrons. The highest BCUT2D eigenvalue weighted by Gasteiger charge is 2.15. The zero-order valence-corrected chi connectivity index (χ0v) is 18.9. The van der Waals surface area contributed by atoms with Crippen molar-refractivity contribution in [1.82, 2.24) is 10.3 Å². The molecule has 0 spiro atoms. The van der Waals surface area contributed by atoms with Gasteiger partial charge in [0.25, 0.3) is 5.91 Å². The third kappa shape index (κ3) is 4.73. The van der Waals surface area contributed by atoms with Gasteiger partial charge in [-0.1, -0.05) is 6.07 Å². The number of nitrogens with one attached hydrogen (secondary N) is 2. The van der Waals surface area contributed by atoms with Crippen molar-refractivity contribution in [2.45, 2.75) is 6.92 Å². The number of benzene rings is 3. The summed E-state index contributed by atoms with van der Waals surface area (Å²) >= 11 is 5.28. The number of nitrogens with zero attached hydrogens (tertiary/aromatic N) is 1. The molecule has 0 aliphatic rings. The van der Waals surface area contributed by atoms with Crippen LogP contribution in [0, 0.1) is 6.92 Å². The SMILES string of the molecule is COc1ccc(C(=O)NC(=S)Nc2ccc(O)c(-c3nc4ccc(C)cc4o3)c2)cc1OC. The summed E-state index contributed by atoms with van der Waals surface area (Å²) in [6, 6.07) is 15.2. The number of methoxy groups -OCH3 is 2. The van der Waals surface area contributed by atoms with Crippen molar-refractivity contribution in [3.05, 3.63) is 65.7 Å². The van der Waals surface area contributed by atoms with E-state index in [1.54, 1.807) is 30.3 Å². The van der Waals surface area contributed by atoms with Gasteiger partial charge in [-0.25, -0.2) is 4.98 Å². The average molecular weight is 464 g/mol. The average Bonchev–Trinajstić information content (AvgIpc) is 3.22. The Bertz CT molecular complexity index is 1370. The Labute approximate surface area is 195 Å². The van der Waals surface area contributed by atoms with E-state index in [1.165, 1.54) is 20.3 Å². The quantitative estimate of drug-likeness (QED) is 0.290. The Morgan fingerprint density at radius 3 is 2.58 bits per heavy atom. The first-order valence-electron chi connectivity index (χ1n) is 9.93. The van der Waals surface area contributed by atoms with E-state index in [0.717, 1.165) is 5.56 Å². The summed E-state index contributed by atoms with van der Waals surface area (Å²) in [6.45, 7) is 1.96. The minimum atomic E-state index is -0.415. The van der Waals surface area contributed by atoms with E-state index in [4.69, 9.17) is 26.1 Å². The van der Waals surface area contributed by atoms with Gasteiger partial charge in [0, 0.05) is 11.3 Å². The van der Waals surface area contributed by atoms with E-state index in [1.807, 2.05) is 25.1 Å². The van der Waals surface area contributed by atoms with Crippen molar-refractivity contribution in [3.8, 4) is 28.7 Å². The monoisotopic (exact) mass is 463 g/mol. The molecule has 0 saturated carbocycles. The van der Waals surface area contributed by atoms with E-state index < -0.39 is 5.91 Å². The lowest BCUT2D eigenvalue weighted by molar-refractivity contribution is 0.0977. The first-order valence-corrected chi connectivity index (χ1v) is 10.3. The van der Waals surface area contributed by atoms with Crippen LogP contribution in [-0.2, 0) is 0 Å². The molecule has 8 nitrogen and oxygen atoms in total. The molecule has 9 heteroatoms. The largest absolute Gasteiger partial charge is 0.507 e. The summed E-state index contributed by atoms with van der Waals surface area (Å²) < 4.78 is 16.2. The molecule has 4 aromatic rings. The number of fused-ring (bicyclic) bond motifs is 1. The standard InChI is InChI=1S/C24H21N3O5S/c1-13-4-7-17-20(10-13)32-23(26-17)16-12-15(6-8-18(16)28)25-24(33)27-22(29)14-5-9-19(30-2)21(11-14)31-3/h4-12,28H,1-3H3,(H2,25,27,29,33). The van der Waals surface area contributed by atoms with Gasteiger partial charge in [-0.15, -0.1) is 0 Å². The fourth-order valence-electron chi connectivity index (χ4n) is 3.25. The molecule has 3 aromatic carbocycles. The lowest BCUT2D eigenvalue weighted by atomic mass is 10.1. The molecule has 3 N–H and O–H groups in total. The van der Waals surface area contributed by atoms with Crippen molar-refractivity contribution in [3.63, 3.8) is 0 Å². The van der Waals surface area contributed by atoms with Crippen LogP contribution in [0.25, 0.3) is 22.6 Å². The van der Waals surface area contributed by atoms with Crippen LogP contribution in [0.1, 0.15) is 15.9 Å². The number of hydrogen-bond donors (Lipinski definition) is 3. The van der Waals surface area contributed by atoms with Gasteiger partial charge in [-0.2, -0.15) is 0 Å². The number of rotatable bonds is 5. The Hall–Kier alpha value is -4.11. The number of aromatic nitrogens is 1. The number of hydrogen-bond acceptors (Lipinski definition) is 7. The van der Waals surface area contributed by atoms with Gasteiger partial charge in [0.15, 0.2) is 22.2 Å². The summed E-state index contributed by atoms with van der Waals surface area (Å²) in [5, 5.41) is 16.0. The number of phenolic OH excluding ortho intramolecular Hbond substituents is 1. The van der Waals surface area contributed by atoms with E-state index in [-0.39, 0.29) is 16.8 Å². The normalized spacial score (nSPS) is 10.6. The van der Waals surface area contributed by atoms with Gasteiger partial charge >= 0.3 is 0 Å². The van der Waals surface area contributed by atoms with Crippen molar-refractivity contribution < 1.29 is 23.8 Å². The van der Waals surface area contributed by atoms with E-state index in [2.05, 4.69) is 15.6 Å². The van der Waals surface area contributed by atoms with Crippen LogP contribution in [0.2, 0.25) is 0 Å². The molecule has 1 heterocycles. The van der Waals surface area contributed by atoms with Crippen LogP contribution in [0.3, 0.4) is 0 Å². The van der Waals surface area contributed by atoms with Crippen molar-refractivity contribution in [2.24, 2.45) is 0 Å². The maximum atomic E-state index is 12.6. The van der Waals surface area contributed by atoms with Crippen LogP contribution in [-0.4, -0.2) is 35.3 Å². The number of oxazole rings is 1. The van der Waals surface area contributed by atoms with Gasteiger partial charge in [-0.05, 0) is 73.2 Å². The summed E-state index contributed by atoms with van der Waals surface area (Å²) in [5.41, 5.74) is 3.64. The predicted octanol–water partition coefficient (Wildman–Crippen LogP) is 4.65. The predicted molar refractivity (Wildman–Crippen MR) is 129 cm³/mol. The highest BCUT2D eigenvalue weighted by Crippen LogP contribution is 2.33. The zero-order chi connectivity index (χ0) is 23.5. The number of amides is 1. The molecular formula is C24H21N3O5S. The fraction of sp³-hybridized carbons (Fsp3) is 0.125. The summed E-state index contributed by atoms with van der Waals surface area (Å²) in [6.07, 6.45) is 0. The van der Waals surface area contributed by atoms with Crippen molar-refractivity contribution in [2.75, 3.05) is 19.5 Å². The van der Waals surface area contributed by atoms with Crippen LogP contribution in [0.4, 0.5) is 5.69 Å². The summed E-state index contributed by atoms with van der Waals surface area (Å²) in [5.74, 6) is 0.810. The highest BCUT2D eigenvalue weighted by molar-refractivity contribution is 7.80. The van der Waals surface area contributed by atoms with E-state index in [9.17, 15) is 9.90 Å². The smallest absolute Gasteiger partial charge is 0.257 e. The van der Waals surface area contributed by atoms with Gasteiger partial charge in [-0.3, -0.25) is 10.1 Å². The number of phenols is 1. The molecule has 0 saturated heterocycles. The number of aromatic hydroxyl groups is 1. The molecule has 0 unspecified atom stereocenters. The maximum absolute atomic E-state index is 12.6. The lowest BCUT2D eigenvalue weighted by Gasteiger charge is -2.12. The van der Waals surface area contributed by atoms with Gasteiger partial charge < -0.3 is 24.3 Å². The number of aryl methyl sites for hydroxylation is 1. The number of ether oxygens (including phenoxy) is 2. The third-order valence-electron chi connectivity index (χ3n) is 4.90. The van der Waals surface area contributed by atoms with Gasteiger partial charge in [0.2, 0.25) is 5.89 Å². The fourth-order valence-corrected chi connectivity index (χ4v) is 3.46. The first-order chi connectivity index (χ1) is 15.9. The zero-order valence-electron chi connectivity index (χ0n) is 18.1. The molecule has 4 rings (SSSR count). The number of thiocarbonyl (C=S) groups is 1. The molecule has 33 heavy (non-hydrogen) atoms. The number of anilines is 1. The molecular weight excluding hydrogens is 442 g/mol. The topological polar surface area (TPSA) is 106 Å². The summed E-state index contributed by atoms with van der Waals surface area (Å²) in [4.78, 5) is 17.0. The molecule has 0 bridgehead atoms. The second kappa shape index (κ2) is 9.17. The molecule has 1 amide bonds. The first kappa shape index (κ1) is 22.1.